The number of phenolic OH excluding ortho intramolecular Hbond substituents is 2. The van der Waals surface area contributed by atoms with E-state index < -0.39 is 0 Å². The Bertz CT molecular complexity index is 589. The molecule has 0 unspecified atom stereocenters. The molecular weight excluding hydrogens is 226 g/mol. The van der Waals surface area contributed by atoms with Crippen LogP contribution in [-0.4, -0.2) is 10.2 Å². The minimum atomic E-state index is -0.0220. The lowest BCUT2D eigenvalue weighted by atomic mass is 9.98. The molecule has 0 bridgehead atoms. The molecule has 0 spiro atoms. The average Bonchev–Trinajstić information content (AvgIpc) is 2.32. The van der Waals surface area contributed by atoms with Crippen LogP contribution in [0.1, 0.15) is 45.2 Å². The number of hydrogen-bond donors (Lipinski definition) is 2. The Balaban J connectivity index is 2.74. The van der Waals surface area contributed by atoms with Gasteiger partial charge in [-0.25, -0.2) is 4.57 Å². The first-order chi connectivity index (χ1) is 8.41. The quantitative estimate of drug-likeness (QED) is 0.631. The Labute approximate surface area is 107 Å². The zero-order valence-electron chi connectivity index (χ0n) is 11.3. The summed E-state index contributed by atoms with van der Waals surface area (Å²) in [6, 6.07) is 4.24. The van der Waals surface area contributed by atoms with E-state index in [1.165, 1.54) is 0 Å². The number of phenols is 2. The van der Waals surface area contributed by atoms with Crippen molar-refractivity contribution < 1.29 is 14.8 Å². The van der Waals surface area contributed by atoms with Crippen molar-refractivity contribution in [3.05, 3.63) is 30.1 Å². The Morgan fingerprint density at radius 2 is 1.72 bits per heavy atom. The summed E-state index contributed by atoms with van der Waals surface area (Å²) in [7, 11) is 0. The molecule has 1 aromatic carbocycles. The molecule has 3 heteroatoms. The van der Waals surface area contributed by atoms with Crippen molar-refractivity contribution in [2.24, 2.45) is 0 Å². The van der Waals surface area contributed by atoms with Gasteiger partial charge in [0.15, 0.2) is 29.9 Å². The zero-order chi connectivity index (χ0) is 13.4. The average molecular weight is 246 g/mol. The van der Waals surface area contributed by atoms with E-state index >= 15 is 0 Å². The van der Waals surface area contributed by atoms with Gasteiger partial charge >= 0.3 is 0 Å². The standard InChI is InChI=1S/C15H19NO2/c1-9(2)12-7-11-5-6-16(10(3)4)8-13(11)15(18)14(12)17/h5-10,17H,1-4H3/p+1. The van der Waals surface area contributed by atoms with Crippen LogP contribution in [0.2, 0.25) is 0 Å². The molecule has 0 aliphatic heterocycles. The SMILES string of the molecule is CC(C)c1cc2cc[n+](C(C)C)cc2c(O)c1O. The molecule has 0 aliphatic carbocycles. The van der Waals surface area contributed by atoms with Crippen molar-refractivity contribution in [1.29, 1.82) is 0 Å². The smallest absolute Gasteiger partial charge is 0.180 e. The van der Waals surface area contributed by atoms with E-state index in [-0.39, 0.29) is 17.4 Å². The molecule has 2 rings (SSSR count). The first-order valence-electron chi connectivity index (χ1n) is 6.31. The Morgan fingerprint density at radius 1 is 1.06 bits per heavy atom. The highest BCUT2D eigenvalue weighted by atomic mass is 16.3. The van der Waals surface area contributed by atoms with Gasteiger partial charge in [0.2, 0.25) is 0 Å². The highest BCUT2D eigenvalue weighted by Crippen LogP contribution is 2.39. The summed E-state index contributed by atoms with van der Waals surface area (Å²) in [5.41, 5.74) is 0.780. The molecule has 2 aromatic rings. The Morgan fingerprint density at radius 3 is 2.28 bits per heavy atom. The number of fused-ring (bicyclic) bond motifs is 1. The minimum absolute atomic E-state index is 0.000920. The second-order valence-corrected chi connectivity index (χ2v) is 5.31. The summed E-state index contributed by atoms with van der Waals surface area (Å²) < 4.78 is 2.01. The molecule has 3 nitrogen and oxygen atoms in total. The number of hydrogen-bond acceptors (Lipinski definition) is 2. The van der Waals surface area contributed by atoms with E-state index in [1.807, 2.05) is 42.9 Å². The number of pyridine rings is 1. The van der Waals surface area contributed by atoms with Crippen molar-refractivity contribution >= 4 is 10.8 Å². The maximum Gasteiger partial charge on any atom is 0.180 e. The third-order valence-corrected chi connectivity index (χ3v) is 3.30. The summed E-state index contributed by atoms with van der Waals surface area (Å²) in [5, 5.41) is 21.8. The highest BCUT2D eigenvalue weighted by molar-refractivity contribution is 5.90. The molecule has 0 amide bonds. The molecule has 1 heterocycles. The largest absolute Gasteiger partial charge is 0.504 e. The van der Waals surface area contributed by atoms with Gasteiger partial charge in [-0.3, -0.25) is 0 Å². The molecular formula is C15H20NO2+. The van der Waals surface area contributed by atoms with Crippen molar-refractivity contribution in [3.63, 3.8) is 0 Å². The number of benzene rings is 1. The second kappa shape index (κ2) is 4.48. The maximum absolute atomic E-state index is 10.1. The van der Waals surface area contributed by atoms with E-state index in [2.05, 4.69) is 13.8 Å². The van der Waals surface area contributed by atoms with Gasteiger partial charge in [0, 0.05) is 11.6 Å². The van der Waals surface area contributed by atoms with Crippen LogP contribution in [0.15, 0.2) is 24.5 Å². The highest BCUT2D eigenvalue weighted by Gasteiger charge is 2.17. The van der Waals surface area contributed by atoms with E-state index in [0.29, 0.717) is 11.4 Å². The van der Waals surface area contributed by atoms with Gasteiger partial charge in [-0.15, -0.1) is 0 Å². The first-order valence-corrected chi connectivity index (χ1v) is 6.31. The van der Waals surface area contributed by atoms with Gasteiger partial charge in [0.05, 0.1) is 5.39 Å². The summed E-state index contributed by atoms with van der Waals surface area (Å²) >= 11 is 0. The van der Waals surface area contributed by atoms with Crippen molar-refractivity contribution in [3.8, 4) is 11.5 Å². The van der Waals surface area contributed by atoms with Gasteiger partial charge in [0.25, 0.3) is 0 Å². The molecule has 0 radical (unpaired) electrons. The topological polar surface area (TPSA) is 44.3 Å². The lowest BCUT2D eigenvalue weighted by Crippen LogP contribution is -2.34. The maximum atomic E-state index is 10.1. The van der Waals surface area contributed by atoms with Crippen LogP contribution in [0.3, 0.4) is 0 Å². The van der Waals surface area contributed by atoms with E-state index in [0.717, 1.165) is 10.9 Å². The van der Waals surface area contributed by atoms with Gasteiger partial charge in [-0.05, 0) is 31.2 Å². The van der Waals surface area contributed by atoms with Gasteiger partial charge in [-0.1, -0.05) is 13.8 Å². The van der Waals surface area contributed by atoms with Crippen LogP contribution in [0.25, 0.3) is 10.8 Å². The summed E-state index contributed by atoms with van der Waals surface area (Å²) in [4.78, 5) is 0. The fourth-order valence-corrected chi connectivity index (χ4v) is 2.11. The molecule has 0 saturated carbocycles. The van der Waals surface area contributed by atoms with Gasteiger partial charge in [0.1, 0.15) is 0 Å². The van der Waals surface area contributed by atoms with E-state index in [1.54, 1.807) is 0 Å². The van der Waals surface area contributed by atoms with E-state index in [9.17, 15) is 10.2 Å². The fourth-order valence-electron chi connectivity index (χ4n) is 2.11. The van der Waals surface area contributed by atoms with Crippen LogP contribution in [0, 0.1) is 0 Å². The van der Waals surface area contributed by atoms with Crippen molar-refractivity contribution in [2.75, 3.05) is 0 Å². The molecule has 1 aromatic heterocycles. The van der Waals surface area contributed by atoms with Crippen LogP contribution in [0.4, 0.5) is 0 Å². The minimum Gasteiger partial charge on any atom is -0.504 e. The van der Waals surface area contributed by atoms with E-state index in [4.69, 9.17) is 0 Å². The Hall–Kier alpha value is -1.77. The third-order valence-electron chi connectivity index (χ3n) is 3.30. The zero-order valence-corrected chi connectivity index (χ0v) is 11.3. The fraction of sp³-hybridized carbons (Fsp3) is 0.400. The van der Waals surface area contributed by atoms with Crippen LogP contribution < -0.4 is 4.57 Å². The third kappa shape index (κ3) is 2.01. The normalized spacial score (nSPS) is 11.7. The van der Waals surface area contributed by atoms with Crippen LogP contribution in [0.5, 0.6) is 11.5 Å². The first kappa shape index (κ1) is 12.7. The molecule has 0 aliphatic rings. The molecule has 0 saturated heterocycles. The Kier molecular flexibility index (Phi) is 3.16. The lowest BCUT2D eigenvalue weighted by Gasteiger charge is -2.12. The predicted molar refractivity (Wildman–Crippen MR) is 71.9 cm³/mol. The van der Waals surface area contributed by atoms with Gasteiger partial charge < -0.3 is 10.2 Å². The predicted octanol–water partition coefficient (Wildman–Crippen LogP) is 3.24. The van der Waals surface area contributed by atoms with Crippen LogP contribution >= 0.6 is 0 Å². The summed E-state index contributed by atoms with van der Waals surface area (Å²) in [6.45, 7) is 8.14. The summed E-state index contributed by atoms with van der Waals surface area (Å²) in [5.74, 6) is 0.155. The molecule has 0 fully saturated rings. The molecule has 18 heavy (non-hydrogen) atoms. The van der Waals surface area contributed by atoms with Gasteiger partial charge in [-0.2, -0.15) is 0 Å². The number of aromatic nitrogens is 1. The monoisotopic (exact) mass is 246 g/mol. The number of nitrogens with zero attached hydrogens (tertiary/aromatic N) is 1. The molecule has 2 N–H and O–H groups in total. The van der Waals surface area contributed by atoms with Crippen LogP contribution in [-0.2, 0) is 0 Å². The second-order valence-electron chi connectivity index (χ2n) is 5.31. The number of rotatable bonds is 2. The number of aromatic hydroxyl groups is 2. The van der Waals surface area contributed by atoms with Crippen molar-refractivity contribution in [2.45, 2.75) is 39.7 Å². The van der Waals surface area contributed by atoms with Crippen molar-refractivity contribution in [1.82, 2.24) is 0 Å². The summed E-state index contributed by atoms with van der Waals surface area (Å²) in [6.07, 6.45) is 3.87. The molecule has 0 atom stereocenters. The lowest BCUT2D eigenvalue weighted by molar-refractivity contribution is -0.715. The molecule has 96 valence electrons.